The first-order chi connectivity index (χ1) is 16.5. The first kappa shape index (κ1) is 24.8. The number of carbonyl (C=O) groups is 2. The third-order valence-electron chi connectivity index (χ3n) is 5.79. The molecule has 1 saturated carbocycles. The molecule has 1 aliphatic carbocycles. The van der Waals surface area contributed by atoms with Gasteiger partial charge in [0, 0.05) is 30.8 Å². The Morgan fingerprint density at radius 2 is 2.06 bits per heavy atom. The lowest BCUT2D eigenvalue weighted by atomic mass is 10.2. The Balaban J connectivity index is 1.73. The topological polar surface area (TPSA) is 118 Å². The molecule has 4 rings (SSSR count). The summed E-state index contributed by atoms with van der Waals surface area (Å²) in [5, 5.41) is 17.6. The van der Waals surface area contributed by atoms with Crippen LogP contribution in [0.5, 0.6) is 5.88 Å². The van der Waals surface area contributed by atoms with Crippen LogP contribution < -0.4 is 10.9 Å². The molecule has 0 aromatic carbocycles. The first-order valence-electron chi connectivity index (χ1n) is 11.3. The summed E-state index contributed by atoms with van der Waals surface area (Å²) in [7, 11) is 0. The monoisotopic (exact) mass is 497 g/mol. The Hall–Kier alpha value is -3.35. The lowest BCUT2D eigenvalue weighted by molar-refractivity contribution is -0.211. The predicted molar refractivity (Wildman–Crippen MR) is 118 cm³/mol. The van der Waals surface area contributed by atoms with E-state index in [0.29, 0.717) is 4.90 Å². The average Bonchev–Trinajstić information content (AvgIpc) is 3.49. The molecule has 13 heteroatoms. The molecule has 3 heterocycles. The molecule has 190 valence electrons. The van der Waals surface area contributed by atoms with Gasteiger partial charge in [0.15, 0.2) is 11.6 Å². The fourth-order valence-corrected chi connectivity index (χ4v) is 3.95. The first-order valence-corrected chi connectivity index (χ1v) is 11.3. The number of fused-ring (bicyclic) bond motifs is 1. The molecule has 0 bridgehead atoms. The van der Waals surface area contributed by atoms with Crippen molar-refractivity contribution in [3.05, 3.63) is 33.8 Å². The summed E-state index contributed by atoms with van der Waals surface area (Å²) in [4.78, 5) is 39.0. The van der Waals surface area contributed by atoms with Crippen LogP contribution in [0, 0.1) is 5.92 Å². The van der Waals surface area contributed by atoms with Gasteiger partial charge >= 0.3 is 6.18 Å². The summed E-state index contributed by atoms with van der Waals surface area (Å²) in [5.74, 6) is -2.14. The zero-order chi connectivity index (χ0) is 25.5. The highest BCUT2D eigenvalue weighted by molar-refractivity contribution is 5.97. The van der Waals surface area contributed by atoms with Gasteiger partial charge in [0.05, 0.1) is 19.4 Å². The van der Waals surface area contributed by atoms with Crippen molar-refractivity contribution in [2.75, 3.05) is 19.8 Å². The van der Waals surface area contributed by atoms with Crippen LogP contribution in [0.3, 0.4) is 0 Å². The number of halogens is 3. The smallest absolute Gasteiger partial charge is 0.411 e. The Morgan fingerprint density at radius 1 is 1.34 bits per heavy atom. The van der Waals surface area contributed by atoms with E-state index < -0.39 is 47.6 Å². The Labute approximate surface area is 198 Å². The summed E-state index contributed by atoms with van der Waals surface area (Å²) in [5.41, 5.74) is -0.951. The number of ether oxygens (including phenoxy) is 1. The molecular weight excluding hydrogens is 471 g/mol. The molecule has 10 nitrogen and oxygen atoms in total. The van der Waals surface area contributed by atoms with Crippen molar-refractivity contribution in [2.24, 2.45) is 5.92 Å². The molecule has 1 saturated heterocycles. The lowest BCUT2D eigenvalue weighted by Crippen LogP contribution is -2.55. The molecule has 1 atom stereocenters. The number of rotatable bonds is 6. The van der Waals surface area contributed by atoms with Crippen molar-refractivity contribution in [3.8, 4) is 5.88 Å². The number of hydrogen-bond acceptors (Lipinski definition) is 6. The van der Waals surface area contributed by atoms with Crippen molar-refractivity contribution in [3.63, 3.8) is 0 Å². The molecule has 2 aromatic rings. The van der Waals surface area contributed by atoms with E-state index in [0.717, 1.165) is 23.4 Å². The van der Waals surface area contributed by atoms with E-state index in [2.05, 4.69) is 10.4 Å². The van der Waals surface area contributed by atoms with Crippen LogP contribution in [0.25, 0.3) is 11.7 Å². The van der Waals surface area contributed by atoms with Gasteiger partial charge in [0.25, 0.3) is 11.5 Å². The number of morpholine rings is 1. The van der Waals surface area contributed by atoms with Crippen LogP contribution in [0.1, 0.15) is 42.6 Å². The van der Waals surface area contributed by atoms with Crippen LogP contribution in [-0.2, 0) is 16.1 Å². The summed E-state index contributed by atoms with van der Waals surface area (Å²) in [6, 6.07) is -2.11. The standard InChI is InChI=1S/C22H26F3N5O5/c1-12(2)10-29-19-13(3-6-16(31)28-7-8-35-11-15(28)22(23,24)25)9-26-30(19)21(34)17(20(29)33)18(32)27-14-4-5-14/h3,6,9,12,14-15,33H,4-5,7-8,10-11H2,1-2H3,(H,27,32)/b6-3+/t15-/m0/s1. The highest BCUT2D eigenvalue weighted by Gasteiger charge is 2.46. The third-order valence-corrected chi connectivity index (χ3v) is 5.79. The minimum Gasteiger partial charge on any atom is -0.494 e. The van der Waals surface area contributed by atoms with E-state index >= 15 is 0 Å². The largest absolute Gasteiger partial charge is 0.494 e. The third kappa shape index (κ3) is 5.04. The highest BCUT2D eigenvalue weighted by Crippen LogP contribution is 2.28. The molecule has 2 amide bonds. The molecule has 35 heavy (non-hydrogen) atoms. The van der Waals surface area contributed by atoms with E-state index in [1.54, 1.807) is 0 Å². The van der Waals surface area contributed by atoms with Crippen molar-refractivity contribution >= 4 is 23.5 Å². The lowest BCUT2D eigenvalue weighted by Gasteiger charge is -2.35. The maximum atomic E-state index is 13.3. The second kappa shape index (κ2) is 9.36. The van der Waals surface area contributed by atoms with Gasteiger partial charge in [0.2, 0.25) is 11.8 Å². The van der Waals surface area contributed by atoms with Gasteiger partial charge in [-0.05, 0) is 24.8 Å². The Kier molecular flexibility index (Phi) is 6.62. The number of carbonyl (C=O) groups excluding carboxylic acids is 2. The van der Waals surface area contributed by atoms with Crippen LogP contribution >= 0.6 is 0 Å². The summed E-state index contributed by atoms with van der Waals surface area (Å²) in [6.45, 7) is 3.05. The number of aromatic nitrogens is 3. The van der Waals surface area contributed by atoms with Gasteiger partial charge in [-0.25, -0.2) is 0 Å². The summed E-state index contributed by atoms with van der Waals surface area (Å²) < 4.78 is 47.1. The van der Waals surface area contributed by atoms with Crippen LogP contribution in [0.4, 0.5) is 13.2 Å². The second-order valence-corrected chi connectivity index (χ2v) is 9.09. The Bertz CT molecular complexity index is 1230. The number of amides is 2. The van der Waals surface area contributed by atoms with Crippen molar-refractivity contribution < 1.29 is 32.6 Å². The minimum atomic E-state index is -4.64. The molecule has 0 radical (unpaired) electrons. The van der Waals surface area contributed by atoms with Crippen LogP contribution in [0.2, 0.25) is 0 Å². The van der Waals surface area contributed by atoms with Gasteiger partial charge in [-0.15, -0.1) is 0 Å². The maximum Gasteiger partial charge on any atom is 0.411 e. The quantitative estimate of drug-likeness (QED) is 0.585. The van der Waals surface area contributed by atoms with E-state index in [1.165, 1.54) is 16.8 Å². The van der Waals surface area contributed by atoms with E-state index in [9.17, 15) is 32.7 Å². The van der Waals surface area contributed by atoms with E-state index in [1.807, 2.05) is 13.8 Å². The highest BCUT2D eigenvalue weighted by atomic mass is 19.4. The van der Waals surface area contributed by atoms with Crippen LogP contribution in [-0.4, -0.2) is 74.0 Å². The molecule has 2 aromatic heterocycles. The van der Waals surface area contributed by atoms with Crippen molar-refractivity contribution in [2.45, 2.75) is 51.5 Å². The number of aromatic hydroxyl groups is 1. The minimum absolute atomic E-state index is 0.0131. The maximum absolute atomic E-state index is 13.3. The fourth-order valence-electron chi connectivity index (χ4n) is 3.95. The molecule has 2 aliphatic rings. The molecule has 0 spiro atoms. The summed E-state index contributed by atoms with van der Waals surface area (Å²) in [6.07, 6.45) is 0.397. The van der Waals surface area contributed by atoms with E-state index in [-0.39, 0.29) is 42.9 Å². The normalized spacial score (nSPS) is 19.1. The van der Waals surface area contributed by atoms with Gasteiger partial charge in [0.1, 0.15) is 5.65 Å². The average molecular weight is 497 g/mol. The van der Waals surface area contributed by atoms with Gasteiger partial charge in [-0.3, -0.25) is 19.0 Å². The number of hydrogen-bond donors (Lipinski definition) is 2. The second-order valence-electron chi connectivity index (χ2n) is 9.09. The SMILES string of the molecule is CC(C)Cn1c(O)c(C(=O)NC2CC2)c(=O)n2ncc(/C=C/C(=O)N3CCOC[C@H]3C(F)(F)F)c12. The van der Waals surface area contributed by atoms with Gasteiger partial charge in [-0.2, -0.15) is 22.8 Å². The molecule has 1 aliphatic heterocycles. The molecular formula is C22H26F3N5O5. The predicted octanol–water partition coefficient (Wildman–Crippen LogP) is 1.55. The summed E-state index contributed by atoms with van der Waals surface area (Å²) >= 11 is 0. The number of alkyl halides is 3. The molecule has 2 N–H and O–H groups in total. The zero-order valence-corrected chi connectivity index (χ0v) is 19.2. The molecule has 0 unspecified atom stereocenters. The molecule has 2 fully saturated rings. The fraction of sp³-hybridized carbons (Fsp3) is 0.545. The zero-order valence-electron chi connectivity index (χ0n) is 19.2. The van der Waals surface area contributed by atoms with Gasteiger partial charge in [-0.1, -0.05) is 13.8 Å². The number of nitrogens with zero attached hydrogens (tertiary/aromatic N) is 4. The van der Waals surface area contributed by atoms with Crippen LogP contribution in [0.15, 0.2) is 17.1 Å². The number of nitrogens with one attached hydrogen (secondary N) is 1. The van der Waals surface area contributed by atoms with Crippen molar-refractivity contribution in [1.82, 2.24) is 24.4 Å². The van der Waals surface area contributed by atoms with Gasteiger partial charge < -0.3 is 20.1 Å². The van der Waals surface area contributed by atoms with E-state index in [4.69, 9.17) is 4.74 Å². The van der Waals surface area contributed by atoms with Crippen molar-refractivity contribution in [1.29, 1.82) is 0 Å². The Morgan fingerprint density at radius 3 is 2.69 bits per heavy atom.